The van der Waals surface area contributed by atoms with Crippen LogP contribution >= 0.6 is 0 Å². The van der Waals surface area contributed by atoms with Crippen molar-refractivity contribution in [1.82, 2.24) is 9.78 Å². The highest BCUT2D eigenvalue weighted by Gasteiger charge is 2.22. The van der Waals surface area contributed by atoms with Crippen molar-refractivity contribution in [3.63, 3.8) is 0 Å². The minimum Gasteiger partial charge on any atom is -0.307 e. The van der Waals surface area contributed by atoms with Crippen molar-refractivity contribution < 1.29 is 9.18 Å². The summed E-state index contributed by atoms with van der Waals surface area (Å²) in [5, 5.41) is 7.26. The molecule has 4 nitrogen and oxygen atoms in total. The van der Waals surface area contributed by atoms with Gasteiger partial charge in [-0.25, -0.2) is 9.07 Å². The summed E-state index contributed by atoms with van der Waals surface area (Å²) in [7, 11) is 0. The molecule has 110 valence electrons. The lowest BCUT2D eigenvalue weighted by molar-refractivity contribution is 0.102. The maximum atomic E-state index is 13.7. The topological polar surface area (TPSA) is 46.9 Å². The van der Waals surface area contributed by atoms with Crippen LogP contribution in [-0.2, 0) is 0 Å². The molecule has 0 aliphatic heterocycles. The van der Waals surface area contributed by atoms with Crippen LogP contribution in [0, 0.1) is 12.7 Å². The predicted octanol–water partition coefficient (Wildman–Crippen LogP) is 3.70. The Balaban J connectivity index is 1.85. The van der Waals surface area contributed by atoms with Gasteiger partial charge in [0, 0.05) is 6.07 Å². The second-order valence-corrected chi connectivity index (χ2v) is 5.49. The van der Waals surface area contributed by atoms with E-state index in [0.717, 1.165) is 18.5 Å². The molecule has 0 radical (unpaired) electrons. The molecule has 0 unspecified atom stereocenters. The van der Waals surface area contributed by atoms with Crippen LogP contribution in [0.5, 0.6) is 0 Å². The Hall–Kier alpha value is -2.17. The number of hydrogen-bond acceptors (Lipinski definition) is 2. The normalized spacial score (nSPS) is 15.3. The molecule has 1 aliphatic carbocycles. The SMILES string of the molecule is Cc1cc(NC(=O)c2ccccc2F)n(C2CCCC2)n1. The summed E-state index contributed by atoms with van der Waals surface area (Å²) in [4.78, 5) is 12.2. The van der Waals surface area contributed by atoms with Crippen LogP contribution in [0.3, 0.4) is 0 Å². The molecule has 2 aromatic rings. The van der Waals surface area contributed by atoms with Gasteiger partial charge in [-0.3, -0.25) is 4.79 Å². The quantitative estimate of drug-likeness (QED) is 0.935. The number of carbonyl (C=O) groups excluding carboxylic acids is 1. The van der Waals surface area contributed by atoms with Crippen molar-refractivity contribution in [2.24, 2.45) is 0 Å². The van der Waals surface area contributed by atoms with Crippen molar-refractivity contribution in [1.29, 1.82) is 0 Å². The van der Waals surface area contributed by atoms with Gasteiger partial charge in [-0.15, -0.1) is 0 Å². The fourth-order valence-electron chi connectivity index (χ4n) is 2.87. The average molecular weight is 287 g/mol. The Kier molecular flexibility index (Phi) is 3.73. The first-order chi connectivity index (χ1) is 10.1. The minimum atomic E-state index is -0.515. The molecule has 21 heavy (non-hydrogen) atoms. The van der Waals surface area contributed by atoms with Crippen LogP contribution in [-0.4, -0.2) is 15.7 Å². The summed E-state index contributed by atoms with van der Waals surface area (Å²) in [6.07, 6.45) is 4.52. The van der Waals surface area contributed by atoms with Crippen LogP contribution in [0.2, 0.25) is 0 Å². The van der Waals surface area contributed by atoms with E-state index < -0.39 is 11.7 Å². The standard InChI is InChI=1S/C16H18FN3O/c1-11-10-15(20(19-11)12-6-2-3-7-12)18-16(21)13-8-4-5-9-14(13)17/h4-5,8-10,12H,2-3,6-7H2,1H3,(H,18,21). The van der Waals surface area contributed by atoms with E-state index in [4.69, 9.17) is 0 Å². The number of aromatic nitrogens is 2. The number of amides is 1. The molecule has 1 heterocycles. The van der Waals surface area contributed by atoms with Crippen LogP contribution in [0.25, 0.3) is 0 Å². The maximum absolute atomic E-state index is 13.7. The van der Waals surface area contributed by atoms with Crippen molar-refractivity contribution in [2.75, 3.05) is 5.32 Å². The molecule has 3 rings (SSSR count). The zero-order chi connectivity index (χ0) is 14.8. The molecule has 0 saturated heterocycles. The molecular formula is C16H18FN3O. The van der Waals surface area contributed by atoms with Crippen LogP contribution in [0.1, 0.15) is 47.8 Å². The van der Waals surface area contributed by atoms with E-state index in [0.29, 0.717) is 11.9 Å². The maximum Gasteiger partial charge on any atom is 0.259 e. The van der Waals surface area contributed by atoms with Gasteiger partial charge < -0.3 is 5.32 Å². The highest BCUT2D eigenvalue weighted by Crippen LogP contribution is 2.32. The Bertz CT molecular complexity index is 659. The van der Waals surface area contributed by atoms with Gasteiger partial charge in [0.15, 0.2) is 0 Å². The molecule has 1 amide bonds. The fraction of sp³-hybridized carbons (Fsp3) is 0.375. The first kappa shape index (κ1) is 13.8. The first-order valence-corrected chi connectivity index (χ1v) is 7.27. The van der Waals surface area contributed by atoms with E-state index in [-0.39, 0.29) is 5.56 Å². The summed E-state index contributed by atoms with van der Waals surface area (Å²) in [5.41, 5.74) is 0.903. The predicted molar refractivity (Wildman–Crippen MR) is 78.8 cm³/mol. The molecule has 1 N–H and O–H groups in total. The number of anilines is 1. The number of carbonyl (C=O) groups is 1. The van der Waals surface area contributed by atoms with Crippen molar-refractivity contribution in [3.05, 3.63) is 47.4 Å². The molecule has 1 saturated carbocycles. The van der Waals surface area contributed by atoms with Crippen LogP contribution < -0.4 is 5.32 Å². The number of hydrogen-bond donors (Lipinski definition) is 1. The third-order valence-corrected chi connectivity index (χ3v) is 3.89. The van der Waals surface area contributed by atoms with Crippen molar-refractivity contribution in [2.45, 2.75) is 38.6 Å². The van der Waals surface area contributed by atoms with E-state index in [1.54, 1.807) is 12.1 Å². The molecule has 1 aromatic heterocycles. The monoisotopic (exact) mass is 287 g/mol. The Morgan fingerprint density at radius 2 is 2.05 bits per heavy atom. The molecule has 5 heteroatoms. The highest BCUT2D eigenvalue weighted by atomic mass is 19.1. The molecular weight excluding hydrogens is 269 g/mol. The first-order valence-electron chi connectivity index (χ1n) is 7.27. The van der Waals surface area contributed by atoms with Gasteiger partial charge >= 0.3 is 0 Å². The highest BCUT2D eigenvalue weighted by molar-refractivity contribution is 6.04. The molecule has 0 spiro atoms. The molecule has 0 atom stereocenters. The lowest BCUT2D eigenvalue weighted by atomic mass is 10.2. The van der Waals surface area contributed by atoms with Crippen LogP contribution in [0.15, 0.2) is 30.3 Å². The zero-order valence-electron chi connectivity index (χ0n) is 12.0. The van der Waals surface area contributed by atoms with Gasteiger partial charge in [-0.2, -0.15) is 5.10 Å². The molecule has 1 aliphatic rings. The van der Waals surface area contributed by atoms with E-state index >= 15 is 0 Å². The van der Waals surface area contributed by atoms with Gasteiger partial charge in [0.25, 0.3) is 5.91 Å². The fourth-order valence-corrected chi connectivity index (χ4v) is 2.87. The number of aryl methyl sites for hydroxylation is 1. The number of nitrogens with zero attached hydrogens (tertiary/aromatic N) is 2. The van der Waals surface area contributed by atoms with Crippen LogP contribution in [0.4, 0.5) is 10.2 Å². The smallest absolute Gasteiger partial charge is 0.259 e. The Morgan fingerprint density at radius 1 is 1.33 bits per heavy atom. The van der Waals surface area contributed by atoms with Gasteiger partial charge in [-0.1, -0.05) is 25.0 Å². The third kappa shape index (κ3) is 2.82. The summed E-state index contributed by atoms with van der Waals surface area (Å²) >= 11 is 0. The summed E-state index contributed by atoms with van der Waals surface area (Å²) < 4.78 is 15.5. The van der Waals surface area contributed by atoms with Gasteiger partial charge in [-0.05, 0) is 31.9 Å². The summed E-state index contributed by atoms with van der Waals surface area (Å²) in [6, 6.07) is 8.14. The van der Waals surface area contributed by atoms with E-state index in [9.17, 15) is 9.18 Å². The lowest BCUT2D eigenvalue weighted by Crippen LogP contribution is -2.18. The largest absolute Gasteiger partial charge is 0.307 e. The minimum absolute atomic E-state index is 0.0503. The van der Waals surface area contributed by atoms with E-state index in [1.807, 2.05) is 17.7 Å². The number of rotatable bonds is 3. The van der Waals surface area contributed by atoms with Crippen molar-refractivity contribution >= 4 is 11.7 Å². The van der Waals surface area contributed by atoms with Crippen molar-refractivity contribution in [3.8, 4) is 0 Å². The second-order valence-electron chi connectivity index (χ2n) is 5.49. The van der Waals surface area contributed by atoms with E-state index in [1.165, 1.54) is 25.0 Å². The zero-order valence-corrected chi connectivity index (χ0v) is 12.0. The number of halogens is 1. The second kappa shape index (κ2) is 5.68. The Morgan fingerprint density at radius 3 is 2.76 bits per heavy atom. The third-order valence-electron chi connectivity index (χ3n) is 3.89. The number of nitrogens with one attached hydrogen (secondary N) is 1. The van der Waals surface area contributed by atoms with Gasteiger partial charge in [0.05, 0.1) is 17.3 Å². The molecule has 1 fully saturated rings. The van der Waals surface area contributed by atoms with Gasteiger partial charge in [0.2, 0.25) is 0 Å². The van der Waals surface area contributed by atoms with Gasteiger partial charge in [0.1, 0.15) is 11.6 Å². The molecule has 0 bridgehead atoms. The number of benzene rings is 1. The summed E-state index contributed by atoms with van der Waals surface area (Å²) in [5.74, 6) is -0.307. The Labute approximate surface area is 123 Å². The molecule has 1 aromatic carbocycles. The average Bonchev–Trinajstić information content (AvgIpc) is 3.08. The lowest BCUT2D eigenvalue weighted by Gasteiger charge is -2.14. The summed E-state index contributed by atoms with van der Waals surface area (Å²) in [6.45, 7) is 1.89. The van der Waals surface area contributed by atoms with E-state index in [2.05, 4.69) is 10.4 Å².